The van der Waals surface area contributed by atoms with Gasteiger partial charge < -0.3 is 14.7 Å². The third kappa shape index (κ3) is 2.38. The van der Waals surface area contributed by atoms with Gasteiger partial charge in [-0.3, -0.25) is 4.79 Å². The van der Waals surface area contributed by atoms with Gasteiger partial charge in [0.1, 0.15) is 0 Å². The number of carbonyl (C=O) groups excluding carboxylic acids is 1. The summed E-state index contributed by atoms with van der Waals surface area (Å²) < 4.78 is 4.88. The Morgan fingerprint density at radius 3 is 2.89 bits per heavy atom. The molecular weight excluding hydrogens is 232 g/mol. The standard InChI is InChI=1S/C12H18N4O2/c1-8-14-11(15-18-8)12(17)16(10-4-5-10)7-9-3-2-6-13-9/h9-10,13H,2-7H2,1H3. The van der Waals surface area contributed by atoms with Crippen molar-refractivity contribution in [2.24, 2.45) is 0 Å². The number of hydrogen-bond acceptors (Lipinski definition) is 5. The van der Waals surface area contributed by atoms with Crippen LogP contribution >= 0.6 is 0 Å². The number of rotatable bonds is 4. The molecule has 2 heterocycles. The Bertz CT molecular complexity index is 435. The number of hydrogen-bond donors (Lipinski definition) is 1. The summed E-state index contributed by atoms with van der Waals surface area (Å²) in [7, 11) is 0. The molecule has 1 atom stereocenters. The van der Waals surface area contributed by atoms with Crippen LogP contribution in [0.5, 0.6) is 0 Å². The van der Waals surface area contributed by atoms with Crippen LogP contribution in [0, 0.1) is 6.92 Å². The van der Waals surface area contributed by atoms with Gasteiger partial charge in [0.15, 0.2) is 0 Å². The highest BCUT2D eigenvalue weighted by Crippen LogP contribution is 2.28. The first-order valence-corrected chi connectivity index (χ1v) is 6.58. The summed E-state index contributed by atoms with van der Waals surface area (Å²) in [6.07, 6.45) is 4.52. The highest BCUT2D eigenvalue weighted by atomic mass is 16.5. The average Bonchev–Trinajstić information content (AvgIpc) is 2.88. The molecule has 3 rings (SSSR count). The molecule has 2 aliphatic rings. The second kappa shape index (κ2) is 4.68. The second-order valence-electron chi connectivity index (χ2n) is 5.12. The van der Waals surface area contributed by atoms with Crippen LogP contribution < -0.4 is 5.32 Å². The zero-order valence-corrected chi connectivity index (χ0v) is 10.6. The van der Waals surface area contributed by atoms with E-state index < -0.39 is 0 Å². The van der Waals surface area contributed by atoms with Crippen molar-refractivity contribution in [3.63, 3.8) is 0 Å². The third-order valence-corrected chi connectivity index (χ3v) is 3.55. The van der Waals surface area contributed by atoms with Gasteiger partial charge in [-0.25, -0.2) is 0 Å². The first kappa shape index (κ1) is 11.6. The number of aromatic nitrogens is 2. The summed E-state index contributed by atoms with van der Waals surface area (Å²) in [5.41, 5.74) is 0. The van der Waals surface area contributed by atoms with Crippen molar-refractivity contribution in [1.82, 2.24) is 20.4 Å². The van der Waals surface area contributed by atoms with Crippen LogP contribution in [0.25, 0.3) is 0 Å². The van der Waals surface area contributed by atoms with Gasteiger partial charge in [-0.2, -0.15) is 4.98 Å². The number of aryl methyl sites for hydroxylation is 1. The fourth-order valence-electron chi connectivity index (χ4n) is 2.45. The maximum absolute atomic E-state index is 12.3. The lowest BCUT2D eigenvalue weighted by molar-refractivity contribution is 0.0713. The van der Waals surface area contributed by atoms with Gasteiger partial charge in [0.05, 0.1) is 0 Å². The molecule has 0 aromatic carbocycles. The van der Waals surface area contributed by atoms with Crippen molar-refractivity contribution in [1.29, 1.82) is 0 Å². The van der Waals surface area contributed by atoms with E-state index in [1.165, 1.54) is 6.42 Å². The Labute approximate surface area is 106 Å². The minimum Gasteiger partial charge on any atom is -0.339 e. The number of carbonyl (C=O) groups is 1. The van der Waals surface area contributed by atoms with Gasteiger partial charge in [-0.1, -0.05) is 5.16 Å². The second-order valence-corrected chi connectivity index (χ2v) is 5.12. The van der Waals surface area contributed by atoms with E-state index >= 15 is 0 Å². The van der Waals surface area contributed by atoms with E-state index in [1.807, 2.05) is 4.90 Å². The molecule has 0 spiro atoms. The molecule has 6 heteroatoms. The number of nitrogens with one attached hydrogen (secondary N) is 1. The first-order valence-electron chi connectivity index (χ1n) is 6.58. The minimum atomic E-state index is -0.0944. The van der Waals surface area contributed by atoms with Gasteiger partial charge >= 0.3 is 0 Å². The van der Waals surface area contributed by atoms with E-state index in [0.717, 1.165) is 32.4 Å². The molecule has 1 saturated carbocycles. The largest absolute Gasteiger partial charge is 0.339 e. The van der Waals surface area contributed by atoms with E-state index in [9.17, 15) is 4.79 Å². The Kier molecular flexibility index (Phi) is 3.03. The zero-order valence-electron chi connectivity index (χ0n) is 10.6. The zero-order chi connectivity index (χ0) is 12.5. The molecule has 0 bridgehead atoms. The molecular formula is C12H18N4O2. The van der Waals surface area contributed by atoms with Crippen molar-refractivity contribution < 1.29 is 9.32 Å². The van der Waals surface area contributed by atoms with Crippen LogP contribution in [-0.4, -0.2) is 46.1 Å². The maximum Gasteiger partial charge on any atom is 0.295 e. The fourth-order valence-corrected chi connectivity index (χ4v) is 2.45. The molecule has 1 aliphatic heterocycles. The van der Waals surface area contributed by atoms with Gasteiger partial charge in [0, 0.05) is 25.6 Å². The molecule has 2 fully saturated rings. The predicted molar refractivity (Wildman–Crippen MR) is 64.1 cm³/mol. The molecule has 98 valence electrons. The molecule has 18 heavy (non-hydrogen) atoms. The summed E-state index contributed by atoms with van der Waals surface area (Å²) in [6, 6.07) is 0.793. The molecule has 1 aromatic heterocycles. The normalized spacial score (nSPS) is 23.3. The maximum atomic E-state index is 12.3. The van der Waals surface area contributed by atoms with Gasteiger partial charge in [-0.15, -0.1) is 0 Å². The molecule has 1 unspecified atom stereocenters. The molecule has 6 nitrogen and oxygen atoms in total. The van der Waals surface area contributed by atoms with Gasteiger partial charge in [0.2, 0.25) is 5.89 Å². The van der Waals surface area contributed by atoms with Gasteiger partial charge in [-0.05, 0) is 32.2 Å². The molecule has 1 aliphatic carbocycles. The first-order chi connectivity index (χ1) is 8.74. The highest BCUT2D eigenvalue weighted by Gasteiger charge is 2.36. The van der Waals surface area contributed by atoms with Crippen LogP contribution in [-0.2, 0) is 0 Å². The Balaban J connectivity index is 1.70. The smallest absolute Gasteiger partial charge is 0.295 e. The van der Waals surface area contributed by atoms with Crippen LogP contribution in [0.1, 0.15) is 42.2 Å². The quantitative estimate of drug-likeness (QED) is 0.853. The van der Waals surface area contributed by atoms with E-state index in [-0.39, 0.29) is 11.7 Å². The minimum absolute atomic E-state index is 0.0944. The Morgan fingerprint density at radius 1 is 1.50 bits per heavy atom. The molecule has 1 saturated heterocycles. The third-order valence-electron chi connectivity index (χ3n) is 3.55. The van der Waals surface area contributed by atoms with Crippen molar-refractivity contribution in [2.45, 2.75) is 44.7 Å². The van der Waals surface area contributed by atoms with Crippen LogP contribution in [0.3, 0.4) is 0 Å². The summed E-state index contributed by atoms with van der Waals surface area (Å²) in [5.74, 6) is 0.536. The van der Waals surface area contributed by atoms with Crippen LogP contribution in [0.2, 0.25) is 0 Å². The summed E-state index contributed by atoms with van der Waals surface area (Å²) in [5, 5.41) is 7.15. The Morgan fingerprint density at radius 2 is 2.33 bits per heavy atom. The lowest BCUT2D eigenvalue weighted by Crippen LogP contribution is -2.42. The van der Waals surface area contributed by atoms with Crippen molar-refractivity contribution in [3.05, 3.63) is 11.7 Å². The van der Waals surface area contributed by atoms with Crippen LogP contribution in [0.4, 0.5) is 0 Å². The predicted octanol–water partition coefficient (Wildman–Crippen LogP) is 0.735. The summed E-state index contributed by atoms with van der Waals surface area (Å²) >= 11 is 0. The van der Waals surface area contributed by atoms with E-state index in [2.05, 4.69) is 15.5 Å². The molecule has 1 amide bonds. The monoisotopic (exact) mass is 250 g/mol. The highest BCUT2D eigenvalue weighted by molar-refractivity contribution is 5.90. The average molecular weight is 250 g/mol. The van der Waals surface area contributed by atoms with Crippen molar-refractivity contribution in [2.75, 3.05) is 13.1 Å². The number of amides is 1. The van der Waals surface area contributed by atoms with Crippen molar-refractivity contribution >= 4 is 5.91 Å². The summed E-state index contributed by atoms with van der Waals surface area (Å²) in [6.45, 7) is 3.51. The van der Waals surface area contributed by atoms with Crippen molar-refractivity contribution in [3.8, 4) is 0 Å². The molecule has 0 radical (unpaired) electrons. The lowest BCUT2D eigenvalue weighted by atomic mass is 10.2. The molecule has 1 aromatic rings. The lowest BCUT2D eigenvalue weighted by Gasteiger charge is -2.24. The topological polar surface area (TPSA) is 71.3 Å². The summed E-state index contributed by atoms with van der Waals surface area (Å²) in [4.78, 5) is 18.3. The van der Waals surface area contributed by atoms with Crippen LogP contribution in [0.15, 0.2) is 4.52 Å². The number of nitrogens with zero attached hydrogens (tertiary/aromatic N) is 3. The van der Waals surface area contributed by atoms with E-state index in [1.54, 1.807) is 6.92 Å². The van der Waals surface area contributed by atoms with E-state index in [0.29, 0.717) is 18.0 Å². The van der Waals surface area contributed by atoms with E-state index in [4.69, 9.17) is 4.52 Å². The van der Waals surface area contributed by atoms with Gasteiger partial charge in [0.25, 0.3) is 11.7 Å². The SMILES string of the molecule is Cc1nc(C(=O)N(CC2CCCN2)C2CC2)no1. The molecule has 1 N–H and O–H groups in total. The fraction of sp³-hybridized carbons (Fsp3) is 0.750. The Hall–Kier alpha value is -1.43.